The number of hydrogen-bond acceptors (Lipinski definition) is 6. The van der Waals surface area contributed by atoms with E-state index < -0.39 is 10.8 Å². The first-order valence-corrected chi connectivity index (χ1v) is 9.64. The third-order valence-electron chi connectivity index (χ3n) is 3.98. The molecule has 0 fully saturated rings. The number of benzene rings is 2. The molecule has 0 saturated heterocycles. The Labute approximate surface area is 162 Å². The predicted octanol–water partition coefficient (Wildman–Crippen LogP) is 3.68. The van der Waals surface area contributed by atoms with Gasteiger partial charge >= 0.3 is 0 Å². The summed E-state index contributed by atoms with van der Waals surface area (Å²) < 4.78 is 33.9. The molecule has 0 bridgehead atoms. The summed E-state index contributed by atoms with van der Waals surface area (Å²) in [6.45, 7) is 0. The van der Waals surface area contributed by atoms with Crippen LogP contribution in [0.3, 0.4) is 0 Å². The van der Waals surface area contributed by atoms with Crippen molar-refractivity contribution in [1.29, 1.82) is 0 Å². The summed E-state index contributed by atoms with van der Waals surface area (Å²) in [5.41, 5.74) is 2.51. The second-order valence-electron chi connectivity index (χ2n) is 5.56. The first kappa shape index (κ1) is 20.6. The molecule has 0 spiro atoms. The smallest absolute Gasteiger partial charge is 0.141 e. The SMILES string of the molecule is CNc1cc(CS(=O)C=Cc2c(OC)cc(OC)cc2OC)ccc1OC. The lowest BCUT2D eigenvalue weighted by molar-refractivity contribution is 0.374. The van der Waals surface area contributed by atoms with Crippen LogP contribution >= 0.6 is 0 Å². The van der Waals surface area contributed by atoms with E-state index in [-0.39, 0.29) is 0 Å². The van der Waals surface area contributed by atoms with Crippen LogP contribution in [0.15, 0.2) is 35.7 Å². The summed E-state index contributed by atoms with van der Waals surface area (Å²) >= 11 is 0. The van der Waals surface area contributed by atoms with Crippen LogP contribution in [0.2, 0.25) is 0 Å². The molecule has 6 nitrogen and oxygen atoms in total. The van der Waals surface area contributed by atoms with Crippen molar-refractivity contribution in [3.8, 4) is 23.0 Å². The Morgan fingerprint density at radius 3 is 2.07 bits per heavy atom. The predicted molar refractivity (Wildman–Crippen MR) is 110 cm³/mol. The van der Waals surface area contributed by atoms with Gasteiger partial charge in [0.1, 0.15) is 23.0 Å². The van der Waals surface area contributed by atoms with Crippen molar-refractivity contribution in [2.45, 2.75) is 5.75 Å². The summed E-state index contributed by atoms with van der Waals surface area (Å²) in [6.07, 6.45) is 1.75. The second-order valence-corrected chi connectivity index (χ2v) is 6.88. The lowest BCUT2D eigenvalue weighted by atomic mass is 10.1. The highest BCUT2D eigenvalue weighted by Crippen LogP contribution is 2.35. The van der Waals surface area contributed by atoms with Crippen LogP contribution in [0.25, 0.3) is 6.08 Å². The molecule has 0 aromatic heterocycles. The van der Waals surface area contributed by atoms with Gasteiger partial charge in [0.25, 0.3) is 0 Å². The molecule has 2 rings (SSSR count). The Balaban J connectivity index is 2.22. The molecule has 1 unspecified atom stereocenters. The van der Waals surface area contributed by atoms with E-state index in [4.69, 9.17) is 18.9 Å². The normalized spacial score (nSPS) is 11.9. The Hall–Kier alpha value is -2.67. The van der Waals surface area contributed by atoms with Gasteiger partial charge in [-0.05, 0) is 23.8 Å². The van der Waals surface area contributed by atoms with Gasteiger partial charge in [-0.2, -0.15) is 0 Å². The number of ether oxygens (including phenoxy) is 4. The number of methoxy groups -OCH3 is 4. The van der Waals surface area contributed by atoms with Crippen LogP contribution < -0.4 is 24.3 Å². The van der Waals surface area contributed by atoms with Crippen LogP contribution in [0.1, 0.15) is 11.1 Å². The topological polar surface area (TPSA) is 66.0 Å². The molecule has 2 aromatic rings. The van der Waals surface area contributed by atoms with Crippen molar-refractivity contribution in [3.63, 3.8) is 0 Å². The van der Waals surface area contributed by atoms with Crippen molar-refractivity contribution in [3.05, 3.63) is 46.9 Å². The van der Waals surface area contributed by atoms with E-state index in [9.17, 15) is 4.21 Å². The van der Waals surface area contributed by atoms with Crippen molar-refractivity contribution in [2.75, 3.05) is 40.8 Å². The van der Waals surface area contributed by atoms with Crippen LogP contribution in [0.5, 0.6) is 23.0 Å². The summed E-state index contributed by atoms with van der Waals surface area (Å²) in [4.78, 5) is 0. The van der Waals surface area contributed by atoms with Gasteiger partial charge in [0.2, 0.25) is 0 Å². The molecule has 0 heterocycles. The zero-order chi connectivity index (χ0) is 19.8. The first-order valence-electron chi connectivity index (χ1n) is 8.26. The van der Waals surface area contributed by atoms with Gasteiger partial charge in [0.05, 0.1) is 56.2 Å². The standard InChI is InChI=1S/C20H25NO5S/c1-21-17-10-14(6-7-18(17)24-3)13-27(22)9-8-16-19(25-4)11-15(23-2)12-20(16)26-5/h6-12,21H,13H2,1-5H3. The Morgan fingerprint density at radius 2 is 1.56 bits per heavy atom. The summed E-state index contributed by atoms with van der Waals surface area (Å²) in [7, 11) is 6.94. The monoisotopic (exact) mass is 391 g/mol. The highest BCUT2D eigenvalue weighted by atomic mass is 32.2. The van der Waals surface area contributed by atoms with Crippen LogP contribution in [0, 0.1) is 0 Å². The quantitative estimate of drug-likeness (QED) is 0.703. The van der Waals surface area contributed by atoms with E-state index >= 15 is 0 Å². The molecule has 2 aromatic carbocycles. The fourth-order valence-electron chi connectivity index (χ4n) is 2.59. The van der Waals surface area contributed by atoms with Gasteiger partial charge in [0.15, 0.2) is 0 Å². The van der Waals surface area contributed by atoms with E-state index in [0.29, 0.717) is 28.6 Å². The van der Waals surface area contributed by atoms with Crippen molar-refractivity contribution >= 4 is 22.6 Å². The third-order valence-corrected chi connectivity index (χ3v) is 5.04. The maximum absolute atomic E-state index is 12.5. The minimum atomic E-state index is -1.21. The molecule has 0 saturated carbocycles. The molecular weight excluding hydrogens is 366 g/mol. The fraction of sp³-hybridized carbons (Fsp3) is 0.300. The van der Waals surface area contributed by atoms with Crippen molar-refractivity contribution in [2.24, 2.45) is 0 Å². The summed E-state index contributed by atoms with van der Waals surface area (Å²) in [5, 5.41) is 4.71. The maximum atomic E-state index is 12.5. The number of anilines is 1. The average Bonchev–Trinajstić information content (AvgIpc) is 2.71. The molecule has 0 aliphatic heterocycles. The Bertz CT molecular complexity index is 810. The molecule has 27 heavy (non-hydrogen) atoms. The molecule has 7 heteroatoms. The lowest BCUT2D eigenvalue weighted by Crippen LogP contribution is -1.98. The highest BCUT2D eigenvalue weighted by Gasteiger charge is 2.11. The average molecular weight is 391 g/mol. The Kier molecular flexibility index (Phi) is 7.55. The van der Waals surface area contributed by atoms with Gasteiger partial charge in [-0.1, -0.05) is 6.07 Å². The van der Waals surface area contributed by atoms with E-state index in [1.165, 1.54) is 0 Å². The van der Waals surface area contributed by atoms with Gasteiger partial charge in [-0.25, -0.2) is 0 Å². The van der Waals surface area contributed by atoms with E-state index in [1.807, 2.05) is 25.2 Å². The van der Waals surface area contributed by atoms with E-state index in [1.54, 1.807) is 52.1 Å². The van der Waals surface area contributed by atoms with E-state index in [2.05, 4.69) is 5.32 Å². The molecule has 0 radical (unpaired) electrons. The summed E-state index contributed by atoms with van der Waals surface area (Å²) in [6, 6.07) is 9.21. The number of hydrogen-bond donors (Lipinski definition) is 1. The van der Waals surface area contributed by atoms with Crippen LogP contribution in [-0.2, 0) is 16.6 Å². The highest BCUT2D eigenvalue weighted by molar-refractivity contribution is 7.87. The summed E-state index contributed by atoms with van der Waals surface area (Å²) in [5.74, 6) is 2.92. The second kappa shape index (κ2) is 9.87. The molecule has 0 aliphatic rings. The molecule has 0 aliphatic carbocycles. The fourth-order valence-corrected chi connectivity index (χ4v) is 3.49. The molecule has 146 valence electrons. The van der Waals surface area contributed by atoms with Crippen molar-refractivity contribution < 1.29 is 23.2 Å². The zero-order valence-electron chi connectivity index (χ0n) is 16.2. The number of nitrogens with one attached hydrogen (secondary N) is 1. The first-order chi connectivity index (χ1) is 13.1. The van der Waals surface area contributed by atoms with Gasteiger partial charge < -0.3 is 24.3 Å². The van der Waals surface area contributed by atoms with Gasteiger partial charge in [-0.15, -0.1) is 0 Å². The van der Waals surface area contributed by atoms with Crippen LogP contribution in [0.4, 0.5) is 5.69 Å². The largest absolute Gasteiger partial charge is 0.496 e. The maximum Gasteiger partial charge on any atom is 0.141 e. The lowest BCUT2D eigenvalue weighted by Gasteiger charge is -2.12. The third kappa shape index (κ3) is 5.17. The van der Waals surface area contributed by atoms with Crippen molar-refractivity contribution in [1.82, 2.24) is 0 Å². The number of rotatable bonds is 9. The molecule has 1 atom stereocenters. The van der Waals surface area contributed by atoms with Crippen LogP contribution in [-0.4, -0.2) is 39.7 Å². The molecule has 0 amide bonds. The Morgan fingerprint density at radius 1 is 0.926 bits per heavy atom. The van der Waals surface area contributed by atoms with Gasteiger partial charge in [0, 0.05) is 24.6 Å². The molecular formula is C20H25NO5S. The molecule has 1 N–H and O–H groups in total. The zero-order valence-corrected chi connectivity index (χ0v) is 17.0. The minimum absolute atomic E-state index is 0.385. The van der Waals surface area contributed by atoms with E-state index in [0.717, 1.165) is 17.0 Å². The minimum Gasteiger partial charge on any atom is -0.496 e. The van der Waals surface area contributed by atoms with Gasteiger partial charge in [-0.3, -0.25) is 4.21 Å².